The molecule has 1 unspecified atom stereocenters. The van der Waals surface area contributed by atoms with Crippen LogP contribution in [-0.4, -0.2) is 10.1 Å². The van der Waals surface area contributed by atoms with Crippen LogP contribution in [0, 0.1) is 5.41 Å². The van der Waals surface area contributed by atoms with Crippen molar-refractivity contribution in [1.82, 2.24) is 10.1 Å². The number of nitrogens with zero attached hydrogens (tertiary/aromatic N) is 2. The van der Waals surface area contributed by atoms with Crippen LogP contribution in [0.2, 0.25) is 0 Å². The smallest absolute Gasteiger partial charge is 0.226 e. The zero-order valence-corrected chi connectivity index (χ0v) is 10.4. The fourth-order valence-electron chi connectivity index (χ4n) is 2.53. The molecule has 90 valence electrons. The number of aromatic nitrogens is 2. The summed E-state index contributed by atoms with van der Waals surface area (Å²) in [6.45, 7) is 6.41. The van der Waals surface area contributed by atoms with E-state index in [1.807, 2.05) is 6.92 Å². The van der Waals surface area contributed by atoms with E-state index in [9.17, 15) is 0 Å². The van der Waals surface area contributed by atoms with Crippen LogP contribution in [-0.2, 0) is 12.0 Å². The lowest BCUT2D eigenvalue weighted by atomic mass is 9.63. The molecule has 1 aliphatic rings. The lowest BCUT2D eigenvalue weighted by Gasteiger charge is -2.45. The standard InChI is InChI=1S/C12H21N3O/c1-4-9-14-10(15-16-9)12(13)8-6-5-7-11(12,2)3/h4-8,13H2,1-3H3. The first-order valence-corrected chi connectivity index (χ1v) is 6.11. The highest BCUT2D eigenvalue weighted by Crippen LogP contribution is 2.47. The van der Waals surface area contributed by atoms with Crippen molar-refractivity contribution in [3.8, 4) is 0 Å². The van der Waals surface area contributed by atoms with Gasteiger partial charge in [0.05, 0.1) is 5.54 Å². The van der Waals surface area contributed by atoms with E-state index in [-0.39, 0.29) is 5.41 Å². The first kappa shape index (κ1) is 11.6. The Morgan fingerprint density at radius 1 is 1.31 bits per heavy atom. The molecule has 1 saturated carbocycles. The van der Waals surface area contributed by atoms with Crippen LogP contribution in [0.15, 0.2) is 4.52 Å². The van der Waals surface area contributed by atoms with E-state index in [1.165, 1.54) is 6.42 Å². The Balaban J connectivity index is 2.35. The predicted octanol–water partition coefficient (Wildman–Crippen LogP) is 2.39. The maximum Gasteiger partial charge on any atom is 0.226 e. The van der Waals surface area contributed by atoms with E-state index >= 15 is 0 Å². The van der Waals surface area contributed by atoms with Gasteiger partial charge in [-0.1, -0.05) is 38.8 Å². The van der Waals surface area contributed by atoms with Gasteiger partial charge in [0, 0.05) is 6.42 Å². The number of nitrogens with two attached hydrogens (primary N) is 1. The fraction of sp³-hybridized carbons (Fsp3) is 0.833. The van der Waals surface area contributed by atoms with Crippen molar-refractivity contribution in [2.75, 3.05) is 0 Å². The van der Waals surface area contributed by atoms with E-state index in [2.05, 4.69) is 24.0 Å². The number of hydrogen-bond donors (Lipinski definition) is 1. The number of rotatable bonds is 2. The van der Waals surface area contributed by atoms with Crippen LogP contribution in [0.25, 0.3) is 0 Å². The highest BCUT2D eigenvalue weighted by Gasteiger charge is 2.48. The van der Waals surface area contributed by atoms with E-state index < -0.39 is 5.54 Å². The van der Waals surface area contributed by atoms with Crippen molar-refractivity contribution in [2.45, 2.75) is 58.4 Å². The van der Waals surface area contributed by atoms with E-state index in [0.29, 0.717) is 11.7 Å². The molecule has 1 fully saturated rings. The largest absolute Gasteiger partial charge is 0.339 e. The first-order valence-electron chi connectivity index (χ1n) is 6.11. The number of hydrogen-bond acceptors (Lipinski definition) is 4. The molecule has 0 aromatic carbocycles. The van der Waals surface area contributed by atoms with Gasteiger partial charge >= 0.3 is 0 Å². The Morgan fingerprint density at radius 3 is 2.56 bits per heavy atom. The summed E-state index contributed by atoms with van der Waals surface area (Å²) in [5.74, 6) is 1.37. The SMILES string of the molecule is CCc1nc(C2(N)CCCCC2(C)C)no1. The molecule has 0 bridgehead atoms. The summed E-state index contributed by atoms with van der Waals surface area (Å²) in [7, 11) is 0. The van der Waals surface area contributed by atoms with Crippen LogP contribution in [0.3, 0.4) is 0 Å². The van der Waals surface area contributed by atoms with Gasteiger partial charge < -0.3 is 10.3 Å². The molecule has 1 heterocycles. The molecule has 4 heteroatoms. The van der Waals surface area contributed by atoms with Crippen molar-refractivity contribution < 1.29 is 4.52 Å². The lowest BCUT2D eigenvalue weighted by Crippen LogP contribution is -2.52. The normalized spacial score (nSPS) is 29.2. The van der Waals surface area contributed by atoms with Gasteiger partial charge in [0.1, 0.15) is 0 Å². The fourth-order valence-corrected chi connectivity index (χ4v) is 2.53. The molecule has 2 rings (SSSR count). The van der Waals surface area contributed by atoms with Crippen LogP contribution < -0.4 is 5.73 Å². The molecule has 16 heavy (non-hydrogen) atoms. The van der Waals surface area contributed by atoms with Crippen molar-refractivity contribution in [3.05, 3.63) is 11.7 Å². The lowest BCUT2D eigenvalue weighted by molar-refractivity contribution is 0.0872. The first-order chi connectivity index (χ1) is 7.49. The molecular formula is C12H21N3O. The third-order valence-electron chi connectivity index (χ3n) is 4.00. The summed E-state index contributed by atoms with van der Waals surface area (Å²) in [6, 6.07) is 0. The molecule has 0 aliphatic heterocycles. The second kappa shape index (κ2) is 3.84. The molecule has 0 amide bonds. The molecule has 1 aromatic heterocycles. The minimum absolute atomic E-state index is 0.0418. The molecule has 4 nitrogen and oxygen atoms in total. The Kier molecular flexibility index (Phi) is 2.78. The zero-order valence-electron chi connectivity index (χ0n) is 10.4. The summed E-state index contributed by atoms with van der Waals surface area (Å²) < 4.78 is 5.18. The van der Waals surface area contributed by atoms with Gasteiger partial charge in [0.25, 0.3) is 0 Å². The monoisotopic (exact) mass is 223 g/mol. The highest BCUT2D eigenvalue weighted by molar-refractivity contribution is 5.12. The maximum atomic E-state index is 6.54. The van der Waals surface area contributed by atoms with Gasteiger partial charge in [-0.2, -0.15) is 4.98 Å². The number of aryl methyl sites for hydroxylation is 1. The van der Waals surface area contributed by atoms with Crippen LogP contribution in [0.5, 0.6) is 0 Å². The molecule has 1 aromatic rings. The van der Waals surface area contributed by atoms with Gasteiger partial charge in [-0.05, 0) is 18.3 Å². The second-order valence-electron chi connectivity index (χ2n) is 5.43. The quantitative estimate of drug-likeness (QED) is 0.836. The molecule has 0 radical (unpaired) electrons. The zero-order chi connectivity index (χ0) is 11.8. The summed E-state index contributed by atoms with van der Waals surface area (Å²) >= 11 is 0. The average Bonchev–Trinajstić information content (AvgIpc) is 2.71. The minimum Gasteiger partial charge on any atom is -0.339 e. The van der Waals surface area contributed by atoms with Crippen molar-refractivity contribution in [2.24, 2.45) is 11.1 Å². The topological polar surface area (TPSA) is 64.9 Å². The second-order valence-corrected chi connectivity index (χ2v) is 5.43. The van der Waals surface area contributed by atoms with Gasteiger partial charge in [-0.3, -0.25) is 0 Å². The molecule has 0 spiro atoms. The van der Waals surface area contributed by atoms with Crippen molar-refractivity contribution >= 4 is 0 Å². The van der Waals surface area contributed by atoms with Gasteiger partial charge in [-0.15, -0.1) is 0 Å². The Hall–Kier alpha value is -0.900. The van der Waals surface area contributed by atoms with Crippen LogP contribution >= 0.6 is 0 Å². The predicted molar refractivity (Wildman–Crippen MR) is 61.8 cm³/mol. The molecule has 0 saturated heterocycles. The molecule has 1 aliphatic carbocycles. The summed E-state index contributed by atoms with van der Waals surface area (Å²) in [5, 5.41) is 4.07. The molecule has 1 atom stereocenters. The minimum atomic E-state index is -0.428. The summed E-state index contributed by atoms with van der Waals surface area (Å²) in [6.07, 6.45) is 5.23. The van der Waals surface area contributed by atoms with Gasteiger partial charge in [-0.25, -0.2) is 0 Å². The van der Waals surface area contributed by atoms with Crippen LogP contribution in [0.4, 0.5) is 0 Å². The van der Waals surface area contributed by atoms with E-state index in [1.54, 1.807) is 0 Å². The van der Waals surface area contributed by atoms with Gasteiger partial charge in [0.2, 0.25) is 5.89 Å². The van der Waals surface area contributed by atoms with E-state index in [4.69, 9.17) is 10.3 Å². The Morgan fingerprint density at radius 2 is 2.00 bits per heavy atom. The third kappa shape index (κ3) is 1.65. The molecular weight excluding hydrogens is 202 g/mol. The summed E-state index contributed by atoms with van der Waals surface area (Å²) in [4.78, 5) is 4.42. The Labute approximate surface area is 96.6 Å². The van der Waals surface area contributed by atoms with Crippen molar-refractivity contribution in [3.63, 3.8) is 0 Å². The highest BCUT2D eigenvalue weighted by atomic mass is 16.5. The van der Waals surface area contributed by atoms with E-state index in [0.717, 1.165) is 25.7 Å². The maximum absolute atomic E-state index is 6.54. The third-order valence-corrected chi connectivity index (χ3v) is 4.00. The van der Waals surface area contributed by atoms with Gasteiger partial charge in [0.15, 0.2) is 5.82 Å². The average molecular weight is 223 g/mol. The Bertz CT molecular complexity index is 372. The molecule has 2 N–H and O–H groups in total. The summed E-state index contributed by atoms with van der Waals surface area (Å²) in [5.41, 5.74) is 6.15. The van der Waals surface area contributed by atoms with Crippen molar-refractivity contribution in [1.29, 1.82) is 0 Å². The van der Waals surface area contributed by atoms with Crippen LogP contribution in [0.1, 0.15) is 58.2 Å².